The lowest BCUT2D eigenvalue weighted by Gasteiger charge is -2.22. The Kier molecular flexibility index (Phi) is 24.1. The third-order valence-electron chi connectivity index (χ3n) is 10.1. The van der Waals surface area contributed by atoms with Crippen LogP contribution in [0.2, 0.25) is 10.0 Å². The first-order chi connectivity index (χ1) is 32.6. The van der Waals surface area contributed by atoms with Crippen molar-refractivity contribution in [2.75, 3.05) is 87.5 Å². The van der Waals surface area contributed by atoms with Gasteiger partial charge >= 0.3 is 0 Å². The van der Waals surface area contributed by atoms with Gasteiger partial charge in [-0.2, -0.15) is 4.39 Å². The van der Waals surface area contributed by atoms with Gasteiger partial charge in [0, 0.05) is 76.0 Å². The molecule has 0 radical (unpaired) electrons. The third kappa shape index (κ3) is 18.2. The topological polar surface area (TPSA) is 202 Å². The molecule has 3 aliphatic rings. The quantitative estimate of drug-likeness (QED) is 0.0742. The van der Waals surface area contributed by atoms with Gasteiger partial charge in [-0.1, -0.05) is 43.5 Å². The fraction of sp³-hybridized carbons (Fsp3) is 0.435. The fourth-order valence-corrected chi connectivity index (χ4v) is 7.07. The highest BCUT2D eigenvalue weighted by Crippen LogP contribution is 2.31. The number of carbonyl (C=O) groups excluding carboxylic acids is 2. The first-order valence-corrected chi connectivity index (χ1v) is 22.8. The summed E-state index contributed by atoms with van der Waals surface area (Å²) in [6.07, 6.45) is 13.5. The summed E-state index contributed by atoms with van der Waals surface area (Å²) < 4.78 is 51.8. The van der Waals surface area contributed by atoms with Crippen molar-refractivity contribution in [3.8, 4) is 22.5 Å². The average molecular weight is 972 g/mol. The number of aromatic nitrogens is 6. The number of ether oxygens (including phenoxy) is 2. The lowest BCUT2D eigenvalue weighted by Crippen LogP contribution is -2.33. The molecular formula is C46H59Cl2F3N12O4. The van der Waals surface area contributed by atoms with Crippen LogP contribution in [0.25, 0.3) is 22.5 Å². The molecule has 0 aliphatic carbocycles. The molecule has 1 atom stereocenters. The Labute approximate surface area is 399 Å². The molecule has 21 heteroatoms. The van der Waals surface area contributed by atoms with Crippen molar-refractivity contribution in [1.29, 1.82) is 0 Å². The molecule has 1 unspecified atom stereocenters. The molecule has 6 N–H and O–H groups in total. The number of carbonyl (C=O) groups is 2. The first kappa shape index (κ1) is 54.0. The Morgan fingerprint density at radius 3 is 2.09 bits per heavy atom. The van der Waals surface area contributed by atoms with Crippen molar-refractivity contribution in [1.82, 2.24) is 40.5 Å². The highest BCUT2D eigenvalue weighted by Gasteiger charge is 2.23. The number of nitrogens with one attached hydrogen (secondary N) is 6. The van der Waals surface area contributed by atoms with E-state index in [0.717, 1.165) is 32.1 Å². The molecule has 7 heterocycles. The summed E-state index contributed by atoms with van der Waals surface area (Å²) in [5.74, 6) is -0.323. The smallest absolute Gasteiger partial charge is 0.239 e. The zero-order chi connectivity index (χ0) is 48.4. The molecule has 0 saturated carbocycles. The van der Waals surface area contributed by atoms with Crippen LogP contribution in [0.1, 0.15) is 51.5 Å². The van der Waals surface area contributed by atoms with E-state index < -0.39 is 17.6 Å². The monoisotopic (exact) mass is 970 g/mol. The summed E-state index contributed by atoms with van der Waals surface area (Å²) in [7, 11) is 1.75. The number of hydrogen-bond acceptors (Lipinski definition) is 15. The molecule has 67 heavy (non-hydrogen) atoms. The predicted molar refractivity (Wildman–Crippen MR) is 257 cm³/mol. The Morgan fingerprint density at radius 2 is 1.42 bits per heavy atom. The minimum atomic E-state index is -0.756. The zero-order valence-corrected chi connectivity index (χ0v) is 39.5. The molecule has 362 valence electrons. The van der Waals surface area contributed by atoms with Crippen molar-refractivity contribution >= 4 is 59.2 Å². The van der Waals surface area contributed by atoms with E-state index in [1.54, 1.807) is 19.3 Å². The Morgan fingerprint density at radius 1 is 0.746 bits per heavy atom. The zero-order valence-electron chi connectivity index (χ0n) is 37.9. The van der Waals surface area contributed by atoms with E-state index in [1.807, 2.05) is 20.6 Å². The molecule has 8 rings (SSSR count). The van der Waals surface area contributed by atoms with E-state index in [9.17, 15) is 18.0 Å². The van der Waals surface area contributed by atoms with E-state index in [1.165, 1.54) is 75.3 Å². The molecule has 3 aliphatic heterocycles. The van der Waals surface area contributed by atoms with Crippen LogP contribution in [0.3, 0.4) is 0 Å². The minimum Gasteiger partial charge on any atom is -0.381 e. The maximum absolute atomic E-state index is 14.6. The van der Waals surface area contributed by atoms with Gasteiger partial charge < -0.3 is 46.2 Å². The molecule has 4 aromatic heterocycles. The molecular weight excluding hydrogens is 912 g/mol. The SMILES string of the molecule is C1CCNCC1.C=O.CC.CNc1cc(-c2cncc(NCc3cc(F)cc(F)c3)n2)c(Cl)cn1.O=C(Nc1cc(-c2nc(NCC3CCOCC3)cnc2F)c(Cl)cn1)C1CNCCOC1. The van der Waals surface area contributed by atoms with Gasteiger partial charge in [0.05, 0.1) is 53.5 Å². The van der Waals surface area contributed by atoms with Gasteiger partial charge in [0.25, 0.3) is 0 Å². The second-order valence-electron chi connectivity index (χ2n) is 14.9. The standard InChI is InChI=1S/C21H26ClFN6O3.C17H14ClF2N5.C5H11N.C2H6.CH2O/c22-16-10-26-17(29-21(30)14-9-24-3-6-32-12-14)7-15(16)19-20(23)27-11-18(28-19)25-8-13-1-4-31-5-2-13;1-21-16-5-13(14(18)7-24-16)15-8-22-9-17(25-15)23-6-10-2-11(19)4-12(20)3-10;1-2-4-6-5-3-1;2*1-2/h7,10-11,13-14,24H,1-6,8-9,12H2,(H,25,28)(H,26,29,30);2-5,7-9H,6H2,1H3,(H,21,24)(H,23,25);6H,1-5H2;1-2H3;1H2. The Bertz CT molecular complexity index is 2240. The second kappa shape index (κ2) is 29.9. The largest absolute Gasteiger partial charge is 0.381 e. The van der Waals surface area contributed by atoms with Crippen molar-refractivity contribution in [3.05, 3.63) is 94.5 Å². The normalized spacial score (nSPS) is 15.7. The molecule has 1 aromatic carbocycles. The molecule has 3 saturated heterocycles. The summed E-state index contributed by atoms with van der Waals surface area (Å²) in [5.41, 5.74) is 1.98. The maximum Gasteiger partial charge on any atom is 0.239 e. The van der Waals surface area contributed by atoms with Gasteiger partial charge in [0.15, 0.2) is 0 Å². The number of rotatable bonds is 11. The van der Waals surface area contributed by atoms with Crippen LogP contribution >= 0.6 is 23.2 Å². The van der Waals surface area contributed by atoms with Gasteiger partial charge in [-0.05, 0) is 74.5 Å². The summed E-state index contributed by atoms with van der Waals surface area (Å²) in [6, 6.07) is 6.60. The van der Waals surface area contributed by atoms with E-state index >= 15 is 0 Å². The number of pyridine rings is 2. The summed E-state index contributed by atoms with van der Waals surface area (Å²) in [5, 5.41) is 19.0. The number of amides is 1. The molecule has 3 fully saturated rings. The van der Waals surface area contributed by atoms with Crippen LogP contribution in [-0.2, 0) is 25.6 Å². The number of benzene rings is 1. The fourth-order valence-electron chi connectivity index (χ4n) is 6.68. The van der Waals surface area contributed by atoms with Crippen LogP contribution in [0, 0.1) is 29.4 Å². The minimum absolute atomic E-state index is 0.00987. The molecule has 1 amide bonds. The number of piperidine rings is 1. The number of anilines is 4. The number of halogens is 5. The highest BCUT2D eigenvalue weighted by atomic mass is 35.5. The van der Waals surface area contributed by atoms with Crippen LogP contribution < -0.4 is 31.9 Å². The van der Waals surface area contributed by atoms with Crippen molar-refractivity contribution < 1.29 is 32.2 Å². The van der Waals surface area contributed by atoms with E-state index in [-0.39, 0.29) is 34.9 Å². The van der Waals surface area contributed by atoms with Gasteiger partial charge in [-0.15, -0.1) is 0 Å². The van der Waals surface area contributed by atoms with Crippen molar-refractivity contribution in [3.63, 3.8) is 0 Å². The lowest BCUT2D eigenvalue weighted by atomic mass is 10.0. The van der Waals surface area contributed by atoms with Crippen molar-refractivity contribution in [2.24, 2.45) is 11.8 Å². The Hall–Kier alpha value is -5.57. The Balaban J connectivity index is 0.000000248. The molecule has 0 spiro atoms. The van der Waals surface area contributed by atoms with Gasteiger partial charge in [0.2, 0.25) is 11.9 Å². The van der Waals surface area contributed by atoms with Crippen LogP contribution in [-0.4, -0.2) is 109 Å². The lowest BCUT2D eigenvalue weighted by molar-refractivity contribution is -0.121. The molecule has 0 bridgehead atoms. The van der Waals surface area contributed by atoms with Gasteiger partial charge in [0.1, 0.15) is 47.4 Å². The first-order valence-electron chi connectivity index (χ1n) is 22.1. The highest BCUT2D eigenvalue weighted by molar-refractivity contribution is 6.33. The van der Waals surface area contributed by atoms with Crippen LogP contribution in [0.5, 0.6) is 0 Å². The van der Waals surface area contributed by atoms with Gasteiger partial charge in [-0.25, -0.2) is 33.7 Å². The van der Waals surface area contributed by atoms with Crippen LogP contribution in [0.4, 0.5) is 36.4 Å². The van der Waals surface area contributed by atoms with E-state index in [2.05, 4.69) is 61.8 Å². The van der Waals surface area contributed by atoms with E-state index in [0.29, 0.717) is 83.6 Å². The summed E-state index contributed by atoms with van der Waals surface area (Å²) >= 11 is 12.5. The van der Waals surface area contributed by atoms with Crippen LogP contribution in [0.15, 0.2) is 61.3 Å². The third-order valence-corrected chi connectivity index (χ3v) is 10.7. The van der Waals surface area contributed by atoms with E-state index in [4.69, 9.17) is 37.5 Å². The molecule has 16 nitrogen and oxygen atoms in total. The summed E-state index contributed by atoms with van der Waals surface area (Å²) in [6.45, 7) is 13.0. The summed E-state index contributed by atoms with van der Waals surface area (Å²) in [4.78, 5) is 45.6. The van der Waals surface area contributed by atoms with Gasteiger partial charge in [-0.3, -0.25) is 9.78 Å². The maximum atomic E-state index is 14.6. The average Bonchev–Trinajstić information content (AvgIpc) is 3.67. The number of nitrogens with zero attached hydrogens (tertiary/aromatic N) is 6. The molecule has 5 aromatic rings. The predicted octanol–water partition coefficient (Wildman–Crippen LogP) is 8.07. The second-order valence-corrected chi connectivity index (χ2v) is 15.7. The number of hydrogen-bond donors (Lipinski definition) is 6. The van der Waals surface area contributed by atoms with Crippen molar-refractivity contribution in [2.45, 2.75) is 52.5 Å².